The van der Waals surface area contributed by atoms with Crippen LogP contribution in [0.15, 0.2) is 24.3 Å². The molecule has 0 saturated carbocycles. The maximum absolute atomic E-state index is 12.6. The van der Waals surface area contributed by atoms with Crippen LogP contribution >= 0.6 is 0 Å². The smallest absolute Gasteiger partial charge is 0.256 e. The van der Waals surface area contributed by atoms with Gasteiger partial charge in [0.1, 0.15) is 0 Å². The molecule has 0 aliphatic carbocycles. The molecule has 124 valence electrons. The fourth-order valence-corrected chi connectivity index (χ4v) is 3.17. The first-order valence-corrected chi connectivity index (χ1v) is 7.96. The third kappa shape index (κ3) is 3.23. The first-order chi connectivity index (χ1) is 11.0. The molecule has 2 amide bonds. The molecule has 1 atom stereocenters. The maximum atomic E-state index is 12.6. The molecular weight excluding hydrogens is 296 g/mol. The zero-order chi connectivity index (χ0) is 16.4. The van der Waals surface area contributed by atoms with Crippen LogP contribution in [0.5, 0.6) is 0 Å². The number of β-amino-alcohol motifs (C(OH)–C–C–N with tert-alkyl or cyclic N) is 1. The molecule has 0 aromatic heterocycles. The second-order valence-electron chi connectivity index (χ2n) is 6.35. The fraction of sp³-hybridized carbons (Fsp3) is 0.529. The van der Waals surface area contributed by atoms with Crippen LogP contribution in [0.1, 0.15) is 29.3 Å². The summed E-state index contributed by atoms with van der Waals surface area (Å²) in [7, 11) is 0. The zero-order valence-electron chi connectivity index (χ0n) is 13.3. The highest BCUT2D eigenvalue weighted by molar-refractivity contribution is 5.98. The average molecular weight is 318 g/mol. The normalized spacial score (nSPS) is 20.9. The summed E-state index contributed by atoms with van der Waals surface area (Å²) in [6.45, 7) is 4.07. The summed E-state index contributed by atoms with van der Waals surface area (Å²) in [5.41, 5.74) is -0.00923. The second kappa shape index (κ2) is 6.29. The number of amides is 2. The van der Waals surface area contributed by atoms with Crippen molar-refractivity contribution in [1.82, 2.24) is 9.80 Å². The molecule has 23 heavy (non-hydrogen) atoms. The molecule has 2 heterocycles. The molecule has 1 fully saturated rings. The Bertz CT molecular complexity index is 606. The largest absolute Gasteiger partial charge is 0.380 e. The lowest BCUT2D eigenvalue weighted by atomic mass is 10.0. The molecule has 1 N–H and O–H groups in total. The summed E-state index contributed by atoms with van der Waals surface area (Å²) in [6.07, 6.45) is 0.760. The van der Waals surface area contributed by atoms with Crippen molar-refractivity contribution in [2.75, 3.05) is 32.8 Å². The van der Waals surface area contributed by atoms with Crippen LogP contribution in [0.4, 0.5) is 0 Å². The molecule has 0 spiro atoms. The van der Waals surface area contributed by atoms with Crippen LogP contribution < -0.4 is 0 Å². The van der Waals surface area contributed by atoms with Gasteiger partial charge in [-0.05, 0) is 25.0 Å². The van der Waals surface area contributed by atoms with Crippen molar-refractivity contribution in [3.05, 3.63) is 35.4 Å². The number of nitrogens with zero attached hydrogens (tertiary/aromatic N) is 2. The Morgan fingerprint density at radius 2 is 2.09 bits per heavy atom. The Hall–Kier alpha value is -1.92. The Morgan fingerprint density at radius 3 is 2.87 bits per heavy atom. The molecule has 6 heteroatoms. The standard InChI is InChI=1S/C17H22N2O4/c1-17(22,16(21)18-7-4-9-23-10-8-18)12-19-11-13-5-2-3-6-14(13)15(19)20/h2-3,5-6,22H,4,7-12H2,1H3. The molecule has 2 aliphatic rings. The molecule has 3 rings (SSSR count). The van der Waals surface area contributed by atoms with Crippen LogP contribution in [0, 0.1) is 0 Å². The van der Waals surface area contributed by atoms with Crippen molar-refractivity contribution < 1.29 is 19.4 Å². The predicted molar refractivity (Wildman–Crippen MR) is 83.8 cm³/mol. The number of carbonyl (C=O) groups excluding carboxylic acids is 2. The van der Waals surface area contributed by atoms with Gasteiger partial charge in [-0.3, -0.25) is 9.59 Å². The predicted octanol–water partition coefficient (Wildman–Crippen LogP) is 0.642. The molecule has 1 saturated heterocycles. The summed E-state index contributed by atoms with van der Waals surface area (Å²) >= 11 is 0. The summed E-state index contributed by atoms with van der Waals surface area (Å²) < 4.78 is 5.34. The van der Waals surface area contributed by atoms with E-state index in [-0.39, 0.29) is 18.4 Å². The summed E-state index contributed by atoms with van der Waals surface area (Å²) in [5.74, 6) is -0.473. The number of hydrogen-bond acceptors (Lipinski definition) is 4. The molecule has 0 radical (unpaired) electrons. The number of benzene rings is 1. The minimum Gasteiger partial charge on any atom is -0.380 e. The van der Waals surface area contributed by atoms with E-state index in [4.69, 9.17) is 4.74 Å². The van der Waals surface area contributed by atoms with Crippen molar-refractivity contribution in [2.45, 2.75) is 25.5 Å². The van der Waals surface area contributed by atoms with Crippen LogP contribution in [0.25, 0.3) is 0 Å². The van der Waals surface area contributed by atoms with Crippen molar-refractivity contribution >= 4 is 11.8 Å². The zero-order valence-corrected chi connectivity index (χ0v) is 13.3. The number of rotatable bonds is 3. The van der Waals surface area contributed by atoms with E-state index in [1.54, 1.807) is 11.0 Å². The van der Waals surface area contributed by atoms with E-state index < -0.39 is 5.60 Å². The number of aliphatic hydroxyl groups is 1. The molecule has 0 bridgehead atoms. The van der Waals surface area contributed by atoms with Gasteiger partial charge < -0.3 is 19.6 Å². The van der Waals surface area contributed by atoms with Gasteiger partial charge in [-0.15, -0.1) is 0 Å². The highest BCUT2D eigenvalue weighted by Crippen LogP contribution is 2.24. The van der Waals surface area contributed by atoms with Gasteiger partial charge in [-0.25, -0.2) is 0 Å². The quantitative estimate of drug-likeness (QED) is 0.888. The molecule has 1 unspecified atom stereocenters. The van der Waals surface area contributed by atoms with Gasteiger partial charge in [0.05, 0.1) is 13.2 Å². The van der Waals surface area contributed by atoms with Crippen molar-refractivity contribution in [2.24, 2.45) is 0 Å². The first kappa shape index (κ1) is 16.0. The SMILES string of the molecule is CC(O)(CN1Cc2ccccc2C1=O)C(=O)N1CCCOCC1. The van der Waals surface area contributed by atoms with Crippen LogP contribution in [-0.2, 0) is 16.1 Å². The highest BCUT2D eigenvalue weighted by Gasteiger charge is 2.39. The first-order valence-electron chi connectivity index (χ1n) is 7.96. The van der Waals surface area contributed by atoms with Gasteiger partial charge in [0.15, 0.2) is 5.60 Å². The Labute approximate surface area is 135 Å². The molecule has 2 aliphatic heterocycles. The van der Waals surface area contributed by atoms with E-state index in [0.717, 1.165) is 12.0 Å². The van der Waals surface area contributed by atoms with Gasteiger partial charge in [-0.1, -0.05) is 18.2 Å². The van der Waals surface area contributed by atoms with E-state index in [1.807, 2.05) is 18.2 Å². The van der Waals surface area contributed by atoms with Crippen LogP contribution in [-0.4, -0.2) is 65.2 Å². The average Bonchev–Trinajstić information content (AvgIpc) is 2.72. The van der Waals surface area contributed by atoms with Crippen molar-refractivity contribution in [1.29, 1.82) is 0 Å². The number of ether oxygens (including phenoxy) is 1. The molecular formula is C17H22N2O4. The van der Waals surface area contributed by atoms with Crippen LogP contribution in [0.3, 0.4) is 0 Å². The number of fused-ring (bicyclic) bond motifs is 1. The van der Waals surface area contributed by atoms with E-state index in [1.165, 1.54) is 11.8 Å². The Morgan fingerprint density at radius 1 is 1.30 bits per heavy atom. The third-order valence-electron chi connectivity index (χ3n) is 4.37. The summed E-state index contributed by atoms with van der Waals surface area (Å²) in [6, 6.07) is 7.38. The van der Waals surface area contributed by atoms with Gasteiger partial charge in [0.2, 0.25) is 0 Å². The second-order valence-corrected chi connectivity index (χ2v) is 6.35. The van der Waals surface area contributed by atoms with E-state index in [2.05, 4.69) is 0 Å². The highest BCUT2D eigenvalue weighted by atomic mass is 16.5. The maximum Gasteiger partial charge on any atom is 0.256 e. The van der Waals surface area contributed by atoms with Crippen LogP contribution in [0.2, 0.25) is 0 Å². The number of hydrogen-bond donors (Lipinski definition) is 1. The molecule has 1 aromatic rings. The van der Waals surface area contributed by atoms with Crippen molar-refractivity contribution in [3.8, 4) is 0 Å². The minimum absolute atomic E-state index is 0.00327. The topological polar surface area (TPSA) is 70.1 Å². The lowest BCUT2D eigenvalue weighted by Gasteiger charge is -2.32. The minimum atomic E-state index is -1.60. The monoisotopic (exact) mass is 318 g/mol. The van der Waals surface area contributed by atoms with Gasteiger partial charge in [0, 0.05) is 31.8 Å². The van der Waals surface area contributed by atoms with E-state index in [0.29, 0.717) is 38.4 Å². The summed E-state index contributed by atoms with van der Waals surface area (Å²) in [5, 5.41) is 10.7. The lowest BCUT2D eigenvalue weighted by molar-refractivity contribution is -0.150. The fourth-order valence-electron chi connectivity index (χ4n) is 3.17. The lowest BCUT2D eigenvalue weighted by Crippen LogP contribution is -2.54. The summed E-state index contributed by atoms with van der Waals surface area (Å²) in [4.78, 5) is 28.2. The van der Waals surface area contributed by atoms with Gasteiger partial charge >= 0.3 is 0 Å². The van der Waals surface area contributed by atoms with E-state index >= 15 is 0 Å². The van der Waals surface area contributed by atoms with Gasteiger partial charge in [0.25, 0.3) is 11.8 Å². The molecule has 6 nitrogen and oxygen atoms in total. The number of carbonyl (C=O) groups is 2. The molecule has 1 aromatic carbocycles. The van der Waals surface area contributed by atoms with E-state index in [9.17, 15) is 14.7 Å². The van der Waals surface area contributed by atoms with Crippen molar-refractivity contribution in [3.63, 3.8) is 0 Å². The Balaban J connectivity index is 1.69. The Kier molecular flexibility index (Phi) is 4.37. The van der Waals surface area contributed by atoms with Gasteiger partial charge in [-0.2, -0.15) is 0 Å². The third-order valence-corrected chi connectivity index (χ3v) is 4.37.